The van der Waals surface area contributed by atoms with Crippen LogP contribution < -0.4 is 5.73 Å². The topological polar surface area (TPSA) is 62.7 Å². The fraction of sp³-hybridized carbons (Fsp3) is 0. The van der Waals surface area contributed by atoms with E-state index < -0.39 is 0 Å². The number of nitriles is 1. The first kappa shape index (κ1) is 13.3. The molecule has 5 heteroatoms. The van der Waals surface area contributed by atoms with Gasteiger partial charge in [0.1, 0.15) is 23.3 Å². The maximum atomic E-state index is 13.0. The van der Waals surface area contributed by atoms with E-state index in [2.05, 4.69) is 11.1 Å². The number of benzene rings is 1. The summed E-state index contributed by atoms with van der Waals surface area (Å²) in [4.78, 5) is 5.20. The van der Waals surface area contributed by atoms with Gasteiger partial charge in [-0.1, -0.05) is 6.07 Å². The predicted octanol–water partition coefficient (Wildman–Crippen LogP) is 4.07. The minimum Gasteiger partial charge on any atom is -0.383 e. The Bertz CT molecular complexity index is 818. The third kappa shape index (κ3) is 2.49. The van der Waals surface area contributed by atoms with Gasteiger partial charge in [0, 0.05) is 16.0 Å². The Balaban J connectivity index is 2.21. The highest BCUT2D eigenvalue weighted by Gasteiger charge is 2.14. The molecule has 3 aromatic rings. The van der Waals surface area contributed by atoms with Crippen molar-refractivity contribution >= 4 is 17.2 Å². The maximum Gasteiger partial charge on any atom is 0.142 e. The van der Waals surface area contributed by atoms with E-state index in [-0.39, 0.29) is 11.6 Å². The number of halogens is 1. The number of nitrogens with zero attached hydrogens (tertiary/aromatic N) is 2. The summed E-state index contributed by atoms with van der Waals surface area (Å²) in [5.41, 5.74) is 8.39. The van der Waals surface area contributed by atoms with Crippen LogP contribution in [0.4, 0.5) is 10.2 Å². The average Bonchev–Trinajstić information content (AvgIpc) is 3.01. The van der Waals surface area contributed by atoms with Gasteiger partial charge in [-0.2, -0.15) is 5.26 Å². The molecule has 0 bridgehead atoms. The fourth-order valence-electron chi connectivity index (χ4n) is 2.08. The lowest BCUT2D eigenvalue weighted by molar-refractivity contribution is 0.628. The minimum absolute atomic E-state index is 0.183. The summed E-state index contributed by atoms with van der Waals surface area (Å²) in [5, 5.41) is 11.2. The second kappa shape index (κ2) is 5.35. The van der Waals surface area contributed by atoms with Gasteiger partial charge in [-0.3, -0.25) is 0 Å². The molecule has 0 amide bonds. The summed E-state index contributed by atoms with van der Waals surface area (Å²) in [6.07, 6.45) is 0. The smallest absolute Gasteiger partial charge is 0.142 e. The minimum atomic E-state index is -0.307. The molecular weight excluding hydrogens is 285 g/mol. The molecule has 2 aromatic heterocycles. The zero-order valence-electron chi connectivity index (χ0n) is 10.9. The number of nitrogens with two attached hydrogens (primary N) is 1. The summed E-state index contributed by atoms with van der Waals surface area (Å²) in [6.45, 7) is 0. The molecule has 0 radical (unpaired) electrons. The molecule has 3 nitrogen and oxygen atoms in total. The Hall–Kier alpha value is -2.71. The summed E-state index contributed by atoms with van der Waals surface area (Å²) in [7, 11) is 0. The molecule has 0 spiro atoms. The lowest BCUT2D eigenvalue weighted by Gasteiger charge is -2.08. The number of rotatable bonds is 2. The molecule has 0 saturated heterocycles. The van der Waals surface area contributed by atoms with Gasteiger partial charge in [-0.25, -0.2) is 9.37 Å². The zero-order valence-corrected chi connectivity index (χ0v) is 11.7. The quantitative estimate of drug-likeness (QED) is 0.775. The van der Waals surface area contributed by atoms with Crippen LogP contribution in [0.3, 0.4) is 0 Å². The SMILES string of the molecule is N#Cc1c(-c2cccs2)cc(-c2ccc(F)cc2)nc1N. The number of hydrogen-bond donors (Lipinski definition) is 1. The number of aromatic nitrogens is 1. The van der Waals surface area contributed by atoms with E-state index in [1.165, 1.54) is 23.5 Å². The summed E-state index contributed by atoms with van der Waals surface area (Å²) >= 11 is 1.53. The van der Waals surface area contributed by atoms with Crippen LogP contribution in [-0.4, -0.2) is 4.98 Å². The van der Waals surface area contributed by atoms with Crippen molar-refractivity contribution in [2.45, 2.75) is 0 Å². The van der Waals surface area contributed by atoms with E-state index in [0.29, 0.717) is 11.3 Å². The van der Waals surface area contributed by atoms with Crippen LogP contribution in [0.2, 0.25) is 0 Å². The van der Waals surface area contributed by atoms with Crippen molar-refractivity contribution in [1.82, 2.24) is 4.98 Å². The second-order valence-electron chi connectivity index (χ2n) is 4.41. The molecule has 0 saturated carbocycles. The number of hydrogen-bond acceptors (Lipinski definition) is 4. The molecule has 0 fully saturated rings. The number of thiophene rings is 1. The normalized spacial score (nSPS) is 10.3. The van der Waals surface area contributed by atoms with Crippen LogP contribution in [0.15, 0.2) is 47.8 Å². The summed E-state index contributed by atoms with van der Waals surface area (Å²) in [6, 6.07) is 13.8. The Labute approximate surface area is 125 Å². The first-order chi connectivity index (χ1) is 10.2. The van der Waals surface area contributed by atoms with E-state index in [1.807, 2.05) is 23.6 Å². The molecular formula is C16H10FN3S. The third-order valence-electron chi connectivity index (χ3n) is 3.09. The van der Waals surface area contributed by atoms with Crippen molar-refractivity contribution in [2.75, 3.05) is 5.73 Å². The third-order valence-corrected chi connectivity index (χ3v) is 3.99. The van der Waals surface area contributed by atoms with Crippen molar-refractivity contribution in [3.8, 4) is 27.8 Å². The Morgan fingerprint density at radius 1 is 1.19 bits per heavy atom. The molecule has 102 valence electrons. The highest BCUT2D eigenvalue weighted by molar-refractivity contribution is 7.13. The van der Waals surface area contributed by atoms with Gasteiger partial charge in [0.05, 0.1) is 5.69 Å². The molecule has 0 atom stereocenters. The Morgan fingerprint density at radius 2 is 1.95 bits per heavy atom. The number of pyridine rings is 1. The first-order valence-corrected chi connectivity index (χ1v) is 7.07. The molecule has 0 aliphatic rings. The van der Waals surface area contributed by atoms with Crippen LogP contribution in [-0.2, 0) is 0 Å². The fourth-order valence-corrected chi connectivity index (χ4v) is 2.83. The summed E-state index contributed by atoms with van der Waals surface area (Å²) < 4.78 is 13.0. The van der Waals surface area contributed by atoms with Crippen molar-refractivity contribution in [3.63, 3.8) is 0 Å². The molecule has 0 unspecified atom stereocenters. The summed E-state index contributed by atoms with van der Waals surface area (Å²) in [5.74, 6) is -0.124. The van der Waals surface area contributed by atoms with Gasteiger partial charge in [-0.15, -0.1) is 11.3 Å². The van der Waals surface area contributed by atoms with Gasteiger partial charge in [0.25, 0.3) is 0 Å². The molecule has 2 N–H and O–H groups in total. The highest BCUT2D eigenvalue weighted by Crippen LogP contribution is 2.33. The standard InChI is InChI=1S/C16H10FN3S/c17-11-5-3-10(4-6-11)14-8-12(15-2-1-7-21-15)13(9-18)16(19)20-14/h1-8H,(H2,19,20). The van der Waals surface area contributed by atoms with E-state index in [9.17, 15) is 9.65 Å². The van der Waals surface area contributed by atoms with Crippen molar-refractivity contribution in [3.05, 3.63) is 59.2 Å². The highest BCUT2D eigenvalue weighted by atomic mass is 32.1. The molecule has 0 aliphatic heterocycles. The van der Waals surface area contributed by atoms with Crippen LogP contribution in [0.5, 0.6) is 0 Å². The van der Waals surface area contributed by atoms with Gasteiger partial charge in [0.2, 0.25) is 0 Å². The van der Waals surface area contributed by atoms with Crippen molar-refractivity contribution in [1.29, 1.82) is 5.26 Å². The van der Waals surface area contributed by atoms with Gasteiger partial charge in [0.15, 0.2) is 0 Å². The Kier molecular flexibility index (Phi) is 3.38. The van der Waals surface area contributed by atoms with Crippen LogP contribution in [0.1, 0.15) is 5.56 Å². The zero-order chi connectivity index (χ0) is 14.8. The molecule has 1 aromatic carbocycles. The van der Waals surface area contributed by atoms with E-state index in [4.69, 9.17) is 5.73 Å². The van der Waals surface area contributed by atoms with Crippen molar-refractivity contribution in [2.24, 2.45) is 0 Å². The lowest BCUT2D eigenvalue weighted by atomic mass is 10.0. The molecule has 0 aliphatic carbocycles. The first-order valence-electron chi connectivity index (χ1n) is 6.19. The van der Waals surface area contributed by atoms with E-state index in [0.717, 1.165) is 16.0 Å². The molecule has 3 rings (SSSR count). The van der Waals surface area contributed by atoms with Gasteiger partial charge >= 0.3 is 0 Å². The molecule has 21 heavy (non-hydrogen) atoms. The lowest BCUT2D eigenvalue weighted by Crippen LogP contribution is -1.99. The van der Waals surface area contributed by atoms with Crippen molar-refractivity contribution < 1.29 is 4.39 Å². The predicted molar refractivity (Wildman–Crippen MR) is 82.1 cm³/mol. The van der Waals surface area contributed by atoms with Gasteiger partial charge in [-0.05, 0) is 41.8 Å². The van der Waals surface area contributed by atoms with Crippen LogP contribution in [0, 0.1) is 17.1 Å². The van der Waals surface area contributed by atoms with E-state index >= 15 is 0 Å². The van der Waals surface area contributed by atoms with Gasteiger partial charge < -0.3 is 5.73 Å². The Morgan fingerprint density at radius 3 is 2.57 bits per heavy atom. The molecule has 2 heterocycles. The average molecular weight is 295 g/mol. The maximum absolute atomic E-state index is 13.0. The largest absolute Gasteiger partial charge is 0.383 e. The monoisotopic (exact) mass is 295 g/mol. The van der Waals surface area contributed by atoms with Crippen LogP contribution >= 0.6 is 11.3 Å². The second-order valence-corrected chi connectivity index (χ2v) is 5.36. The number of nitrogen functional groups attached to an aromatic ring is 1. The van der Waals surface area contributed by atoms with Crippen LogP contribution in [0.25, 0.3) is 21.7 Å². The van der Waals surface area contributed by atoms with E-state index in [1.54, 1.807) is 12.1 Å². The number of anilines is 1.